The molecule has 3 N–H and O–H groups in total. The monoisotopic (exact) mass is 165 g/mol. The van der Waals surface area contributed by atoms with Crippen LogP contribution in [0.1, 0.15) is 6.92 Å². The van der Waals surface area contributed by atoms with Crippen LogP contribution in [0.5, 0.6) is 0 Å². The Morgan fingerprint density at radius 1 is 1.18 bits per heavy atom. The third-order valence-corrected chi connectivity index (χ3v) is 1.77. The maximum absolute atomic E-state index is 12.7. The second kappa shape index (κ2) is 3.02. The van der Waals surface area contributed by atoms with E-state index in [0.717, 1.165) is 0 Å². The first-order valence-corrected chi connectivity index (χ1v) is 3.37. The smallest absolute Gasteiger partial charge is 0.183 e. The van der Waals surface area contributed by atoms with E-state index >= 15 is 0 Å². The fourth-order valence-corrected chi connectivity index (χ4v) is 1.01. The molecule has 0 aromatic rings. The molecule has 1 saturated heterocycles. The number of halogens is 1. The summed E-state index contributed by atoms with van der Waals surface area (Å²) in [6.07, 6.45) is -7.14. The molecule has 5 heteroatoms. The molecule has 5 atom stereocenters. The van der Waals surface area contributed by atoms with Crippen LogP contribution in [0.3, 0.4) is 0 Å². The van der Waals surface area contributed by atoms with Crippen LogP contribution in [0.2, 0.25) is 0 Å². The van der Waals surface area contributed by atoms with E-state index in [0.29, 0.717) is 0 Å². The Kier molecular flexibility index (Phi) is 2.43. The summed E-state index contributed by atoms with van der Waals surface area (Å²) in [4.78, 5) is 0. The number of rotatable bonds is 0. The van der Waals surface area contributed by atoms with Gasteiger partial charge in [-0.15, -0.1) is 0 Å². The molecule has 0 aromatic carbocycles. The summed E-state index contributed by atoms with van der Waals surface area (Å²) in [7, 11) is 0. The van der Waals surface area contributed by atoms with Gasteiger partial charge >= 0.3 is 0 Å². The predicted molar refractivity (Wildman–Crippen MR) is 33.5 cm³/mol. The van der Waals surface area contributed by atoms with Crippen molar-refractivity contribution >= 4 is 0 Å². The highest BCUT2D eigenvalue weighted by Crippen LogP contribution is 2.21. The molecule has 1 aliphatic rings. The molecule has 0 amide bonds. The Morgan fingerprint density at radius 3 is 2.27 bits per heavy atom. The number of aliphatic hydroxyl groups excluding tert-OH is 3. The summed E-state index contributed by atoms with van der Waals surface area (Å²) in [6.45, 7) is 1.38. The van der Waals surface area contributed by atoms with Gasteiger partial charge in [-0.05, 0) is 6.92 Å². The van der Waals surface area contributed by atoms with E-state index in [1.807, 2.05) is 0 Å². The van der Waals surface area contributed by atoms with Gasteiger partial charge in [0, 0.05) is 0 Å². The highest BCUT2D eigenvalue weighted by Gasteiger charge is 2.41. The second-order valence-corrected chi connectivity index (χ2v) is 2.66. The van der Waals surface area contributed by atoms with Gasteiger partial charge in [0.1, 0.15) is 12.2 Å². The third kappa shape index (κ3) is 1.51. The van der Waals surface area contributed by atoms with Crippen molar-refractivity contribution in [1.82, 2.24) is 0 Å². The predicted octanol–water partition coefficient (Wildman–Crippen LogP) is -1.22. The summed E-state index contributed by atoms with van der Waals surface area (Å²) in [6, 6.07) is 0. The molecular formula is C6H11FO4. The van der Waals surface area contributed by atoms with Crippen molar-refractivity contribution in [1.29, 1.82) is 0 Å². The van der Waals surface area contributed by atoms with E-state index in [1.165, 1.54) is 6.92 Å². The molecule has 66 valence electrons. The molecule has 1 rings (SSSR count). The Labute approximate surface area is 63.2 Å². The van der Waals surface area contributed by atoms with E-state index < -0.39 is 30.8 Å². The molecule has 0 saturated carbocycles. The maximum Gasteiger partial charge on any atom is 0.183 e. The lowest BCUT2D eigenvalue weighted by molar-refractivity contribution is -0.265. The molecule has 0 bridgehead atoms. The first-order valence-electron chi connectivity index (χ1n) is 3.37. The van der Waals surface area contributed by atoms with Gasteiger partial charge in [-0.3, -0.25) is 0 Å². The average molecular weight is 165 g/mol. The molecule has 11 heavy (non-hydrogen) atoms. The molecular weight excluding hydrogens is 154 g/mol. The largest absolute Gasteiger partial charge is 0.387 e. The van der Waals surface area contributed by atoms with Gasteiger partial charge in [-0.25, -0.2) is 4.39 Å². The molecule has 1 unspecified atom stereocenters. The summed E-state index contributed by atoms with van der Waals surface area (Å²) < 4.78 is 17.3. The minimum atomic E-state index is -1.65. The van der Waals surface area contributed by atoms with Gasteiger partial charge < -0.3 is 20.1 Å². The first kappa shape index (κ1) is 8.86. The summed E-state index contributed by atoms with van der Waals surface area (Å²) in [5.41, 5.74) is 0. The fraction of sp³-hybridized carbons (Fsp3) is 1.00. The van der Waals surface area contributed by atoms with Crippen molar-refractivity contribution in [3.8, 4) is 0 Å². The quantitative estimate of drug-likeness (QED) is 0.421. The maximum atomic E-state index is 12.7. The number of hydrogen-bond acceptors (Lipinski definition) is 4. The zero-order valence-electron chi connectivity index (χ0n) is 6.01. The van der Waals surface area contributed by atoms with Crippen LogP contribution in [0.25, 0.3) is 0 Å². The average Bonchev–Trinajstić information content (AvgIpc) is 1.97. The lowest BCUT2D eigenvalue weighted by Gasteiger charge is -2.35. The van der Waals surface area contributed by atoms with Crippen LogP contribution in [0.15, 0.2) is 0 Å². The molecule has 4 nitrogen and oxygen atoms in total. The van der Waals surface area contributed by atoms with E-state index in [2.05, 4.69) is 4.74 Å². The summed E-state index contributed by atoms with van der Waals surface area (Å²) in [5.74, 6) is 0. The minimum absolute atomic E-state index is 0.886. The third-order valence-electron chi connectivity index (χ3n) is 1.77. The van der Waals surface area contributed by atoms with E-state index in [9.17, 15) is 4.39 Å². The van der Waals surface area contributed by atoms with Crippen molar-refractivity contribution in [2.45, 2.75) is 37.7 Å². The van der Waals surface area contributed by atoms with Crippen LogP contribution < -0.4 is 0 Å². The van der Waals surface area contributed by atoms with E-state index in [-0.39, 0.29) is 0 Å². The molecule has 0 radical (unpaired) electrons. The van der Waals surface area contributed by atoms with E-state index in [1.54, 1.807) is 0 Å². The number of hydrogen-bond donors (Lipinski definition) is 3. The first-order chi connectivity index (χ1) is 5.04. The van der Waals surface area contributed by atoms with Crippen LogP contribution >= 0.6 is 0 Å². The topological polar surface area (TPSA) is 69.9 Å². The number of aliphatic hydroxyl groups is 3. The Morgan fingerprint density at radius 2 is 1.73 bits per heavy atom. The molecule has 1 heterocycles. The molecule has 1 fully saturated rings. The lowest BCUT2D eigenvalue weighted by atomic mass is 10.0. The number of ether oxygens (including phenoxy) is 1. The Hall–Kier alpha value is -0.230. The Bertz CT molecular complexity index is 129. The zero-order chi connectivity index (χ0) is 8.59. The number of alkyl halides is 1. The highest BCUT2D eigenvalue weighted by molar-refractivity contribution is 4.86. The van der Waals surface area contributed by atoms with Gasteiger partial charge in [0.25, 0.3) is 0 Å². The van der Waals surface area contributed by atoms with Gasteiger partial charge in [-0.2, -0.15) is 0 Å². The van der Waals surface area contributed by atoms with Crippen molar-refractivity contribution in [2.24, 2.45) is 0 Å². The van der Waals surface area contributed by atoms with Crippen molar-refractivity contribution < 1.29 is 24.4 Å². The summed E-state index contributed by atoms with van der Waals surface area (Å²) >= 11 is 0. The lowest BCUT2D eigenvalue weighted by Crippen LogP contribution is -2.54. The second-order valence-electron chi connectivity index (χ2n) is 2.66. The van der Waals surface area contributed by atoms with Crippen molar-refractivity contribution in [3.05, 3.63) is 0 Å². The standard InChI is InChI=1S/C6H11FO4/c1-2-3(7)4(8)5(9)6(10)11-2/h2-6,8-10H,1H3/t2-,3-,4+,5+,6?/m0/s1/i7-1. The molecule has 0 aliphatic carbocycles. The van der Waals surface area contributed by atoms with Gasteiger partial charge in [-0.1, -0.05) is 0 Å². The van der Waals surface area contributed by atoms with Gasteiger partial charge in [0.05, 0.1) is 6.10 Å². The fourth-order valence-electron chi connectivity index (χ4n) is 1.01. The van der Waals surface area contributed by atoms with Crippen LogP contribution in [-0.2, 0) is 4.74 Å². The zero-order valence-corrected chi connectivity index (χ0v) is 6.01. The SMILES string of the molecule is C[C@@H]1OC(O)[C@H](O)[C@H](O)[C@H]1[18F]. The van der Waals surface area contributed by atoms with Crippen LogP contribution in [-0.4, -0.2) is 46.1 Å². The van der Waals surface area contributed by atoms with Gasteiger partial charge in [0.15, 0.2) is 12.5 Å². The Balaban J connectivity index is 2.63. The van der Waals surface area contributed by atoms with Gasteiger partial charge in [0.2, 0.25) is 0 Å². The highest BCUT2D eigenvalue weighted by atomic mass is 18.2. The minimum Gasteiger partial charge on any atom is -0.387 e. The molecule has 1 aliphatic heterocycles. The van der Waals surface area contributed by atoms with Crippen LogP contribution in [0.4, 0.5) is 4.39 Å². The van der Waals surface area contributed by atoms with Crippen LogP contribution in [0, 0.1) is 0 Å². The molecule has 0 spiro atoms. The summed E-state index contributed by atoms with van der Waals surface area (Å²) in [5, 5.41) is 26.6. The van der Waals surface area contributed by atoms with Crippen molar-refractivity contribution in [3.63, 3.8) is 0 Å². The normalized spacial score (nSPS) is 52.6. The molecule has 0 aromatic heterocycles. The van der Waals surface area contributed by atoms with Crippen molar-refractivity contribution in [2.75, 3.05) is 0 Å². The van der Waals surface area contributed by atoms with E-state index in [4.69, 9.17) is 15.3 Å².